The number of allylic oxidation sites excluding steroid dienone is 5. The summed E-state index contributed by atoms with van der Waals surface area (Å²) >= 11 is 0. The number of hydrogen-bond acceptors (Lipinski definition) is 3. The quantitative estimate of drug-likeness (QED) is 0.845. The maximum Gasteiger partial charge on any atom is 0.426 e. The molecule has 1 atom stereocenters. The monoisotopic (exact) mass is 355 g/mol. The van der Waals surface area contributed by atoms with E-state index in [1.54, 1.807) is 18.5 Å². The van der Waals surface area contributed by atoms with E-state index >= 15 is 0 Å². The van der Waals surface area contributed by atoms with E-state index in [0.29, 0.717) is 19.0 Å². The third kappa shape index (κ3) is 3.53. The standard InChI is InChI=1S/C17H20F3N3O2/c1-4-6-12(7-5-2)23-11-21-13-10-22(9-8-14(13)23)15(24)16(3,25)17(18,19)20/h4-7,11,25H,1,8-10H2,2-3H3/b7-5-,12-6+. The lowest BCUT2D eigenvalue weighted by Crippen LogP contribution is -2.56. The Labute approximate surface area is 143 Å². The number of imidazole rings is 1. The predicted molar refractivity (Wildman–Crippen MR) is 87.3 cm³/mol. The first-order valence-corrected chi connectivity index (χ1v) is 7.72. The molecule has 0 bridgehead atoms. The molecule has 1 aromatic rings. The average Bonchev–Trinajstić information content (AvgIpc) is 2.95. The van der Waals surface area contributed by atoms with Gasteiger partial charge in [0, 0.05) is 24.4 Å². The second-order valence-electron chi connectivity index (χ2n) is 5.88. The lowest BCUT2D eigenvalue weighted by molar-refractivity contribution is -0.250. The van der Waals surface area contributed by atoms with E-state index in [4.69, 9.17) is 0 Å². The van der Waals surface area contributed by atoms with Crippen LogP contribution in [0.5, 0.6) is 0 Å². The van der Waals surface area contributed by atoms with Gasteiger partial charge in [-0.05, 0) is 26.0 Å². The van der Waals surface area contributed by atoms with Gasteiger partial charge in [0.05, 0.1) is 18.6 Å². The Hall–Kier alpha value is -2.35. The number of hydrogen-bond donors (Lipinski definition) is 1. The molecule has 0 saturated heterocycles. The fraction of sp³-hybridized carbons (Fsp3) is 0.412. The van der Waals surface area contributed by atoms with Crippen LogP contribution in [-0.2, 0) is 17.8 Å². The fourth-order valence-electron chi connectivity index (χ4n) is 2.64. The van der Waals surface area contributed by atoms with Crippen LogP contribution in [0.3, 0.4) is 0 Å². The SMILES string of the molecule is C=C/C=C(\C=C/C)n1cnc2c1CCN(C(=O)C(C)(O)C(F)(F)F)C2. The van der Waals surface area contributed by atoms with Gasteiger partial charge in [0.15, 0.2) is 0 Å². The van der Waals surface area contributed by atoms with Crippen molar-refractivity contribution in [1.82, 2.24) is 14.5 Å². The first-order valence-electron chi connectivity index (χ1n) is 7.72. The lowest BCUT2D eigenvalue weighted by Gasteiger charge is -2.34. The number of aromatic nitrogens is 2. The van der Waals surface area contributed by atoms with Gasteiger partial charge in [-0.15, -0.1) is 0 Å². The van der Waals surface area contributed by atoms with E-state index in [2.05, 4.69) is 11.6 Å². The highest BCUT2D eigenvalue weighted by Crippen LogP contribution is 2.33. The van der Waals surface area contributed by atoms with Gasteiger partial charge in [0.1, 0.15) is 0 Å². The Morgan fingerprint density at radius 2 is 2.12 bits per heavy atom. The number of halogens is 3. The smallest absolute Gasteiger partial charge is 0.373 e. The molecule has 1 aromatic heterocycles. The summed E-state index contributed by atoms with van der Waals surface area (Å²) in [4.78, 5) is 17.3. The Bertz CT molecular complexity index is 730. The summed E-state index contributed by atoms with van der Waals surface area (Å²) in [5.74, 6) is -1.37. The summed E-state index contributed by atoms with van der Waals surface area (Å²) < 4.78 is 40.4. The molecule has 0 aliphatic carbocycles. The third-order valence-electron chi connectivity index (χ3n) is 4.07. The highest BCUT2D eigenvalue weighted by atomic mass is 19.4. The summed E-state index contributed by atoms with van der Waals surface area (Å²) in [6.45, 7) is 5.98. The topological polar surface area (TPSA) is 58.4 Å². The van der Waals surface area contributed by atoms with Gasteiger partial charge in [0.2, 0.25) is 5.60 Å². The summed E-state index contributed by atoms with van der Waals surface area (Å²) in [5.41, 5.74) is -1.27. The summed E-state index contributed by atoms with van der Waals surface area (Å²) in [6.07, 6.45) is 3.98. The van der Waals surface area contributed by atoms with Gasteiger partial charge in [0.25, 0.3) is 5.91 Å². The summed E-state index contributed by atoms with van der Waals surface area (Å²) in [5, 5.41) is 9.58. The van der Waals surface area contributed by atoms with Crippen LogP contribution >= 0.6 is 0 Å². The Kier molecular flexibility index (Phi) is 5.22. The van der Waals surface area contributed by atoms with Crippen molar-refractivity contribution < 1.29 is 23.1 Å². The molecule has 0 spiro atoms. The minimum Gasteiger partial charge on any atom is -0.373 e. The van der Waals surface area contributed by atoms with Crippen molar-refractivity contribution in [2.24, 2.45) is 0 Å². The molecule has 1 unspecified atom stereocenters. The molecule has 0 aromatic carbocycles. The molecule has 2 heterocycles. The van der Waals surface area contributed by atoms with Crippen molar-refractivity contribution in [2.45, 2.75) is 38.6 Å². The second-order valence-corrected chi connectivity index (χ2v) is 5.88. The van der Waals surface area contributed by atoms with Crippen molar-refractivity contribution in [3.8, 4) is 0 Å². The molecule has 0 radical (unpaired) electrons. The van der Waals surface area contributed by atoms with E-state index in [1.807, 2.05) is 23.6 Å². The summed E-state index contributed by atoms with van der Waals surface area (Å²) in [7, 11) is 0. The highest BCUT2D eigenvalue weighted by molar-refractivity contribution is 5.85. The van der Waals surface area contributed by atoms with E-state index in [1.165, 1.54) is 0 Å². The fourth-order valence-corrected chi connectivity index (χ4v) is 2.64. The van der Waals surface area contributed by atoms with Gasteiger partial charge >= 0.3 is 6.18 Å². The van der Waals surface area contributed by atoms with Crippen LogP contribution in [0.1, 0.15) is 25.2 Å². The average molecular weight is 355 g/mol. The van der Waals surface area contributed by atoms with Crippen molar-refractivity contribution in [3.63, 3.8) is 0 Å². The minimum atomic E-state index is -5.03. The molecule has 136 valence electrons. The molecule has 5 nitrogen and oxygen atoms in total. The maximum atomic E-state index is 12.9. The molecule has 1 N–H and O–H groups in total. The van der Waals surface area contributed by atoms with Gasteiger partial charge < -0.3 is 14.6 Å². The molecule has 8 heteroatoms. The largest absolute Gasteiger partial charge is 0.426 e. The van der Waals surface area contributed by atoms with Crippen molar-refractivity contribution in [2.75, 3.05) is 6.54 Å². The number of carbonyl (C=O) groups excluding carboxylic acids is 1. The second kappa shape index (κ2) is 6.87. The zero-order valence-electron chi connectivity index (χ0n) is 14.0. The first-order chi connectivity index (χ1) is 11.6. The van der Waals surface area contributed by atoms with Gasteiger partial charge in [-0.25, -0.2) is 4.98 Å². The highest BCUT2D eigenvalue weighted by Gasteiger charge is 2.57. The zero-order chi connectivity index (χ0) is 18.8. The minimum absolute atomic E-state index is 0.0704. The van der Waals surface area contributed by atoms with Gasteiger partial charge in [-0.1, -0.05) is 18.7 Å². The van der Waals surface area contributed by atoms with Crippen LogP contribution in [0.15, 0.2) is 37.2 Å². The van der Waals surface area contributed by atoms with Crippen LogP contribution in [0.25, 0.3) is 5.70 Å². The maximum absolute atomic E-state index is 12.9. The van der Waals surface area contributed by atoms with Crippen molar-refractivity contribution in [3.05, 3.63) is 48.6 Å². The number of aliphatic hydroxyl groups is 1. The normalized spacial score (nSPS) is 18.2. The molecule has 1 aliphatic rings. The molecule has 1 amide bonds. The zero-order valence-corrected chi connectivity index (χ0v) is 14.0. The number of fused-ring (bicyclic) bond motifs is 1. The molecule has 0 saturated carbocycles. The number of alkyl halides is 3. The number of amides is 1. The van der Waals surface area contributed by atoms with E-state index in [9.17, 15) is 23.1 Å². The van der Waals surface area contributed by atoms with Crippen molar-refractivity contribution >= 4 is 11.6 Å². The van der Waals surface area contributed by atoms with Gasteiger partial charge in [-0.2, -0.15) is 13.2 Å². The first kappa shape index (κ1) is 19.0. The molecule has 0 fully saturated rings. The van der Waals surface area contributed by atoms with Crippen LogP contribution in [-0.4, -0.2) is 43.8 Å². The van der Waals surface area contributed by atoms with E-state index in [0.717, 1.165) is 16.3 Å². The number of carbonyl (C=O) groups is 1. The lowest BCUT2D eigenvalue weighted by atomic mass is 10.0. The third-order valence-corrected chi connectivity index (χ3v) is 4.07. The molecular formula is C17H20F3N3O2. The van der Waals surface area contributed by atoms with E-state index < -0.39 is 17.7 Å². The van der Waals surface area contributed by atoms with Crippen LogP contribution in [0.4, 0.5) is 13.2 Å². The number of rotatable bonds is 4. The Morgan fingerprint density at radius 1 is 1.44 bits per heavy atom. The number of nitrogens with zero attached hydrogens (tertiary/aromatic N) is 3. The van der Waals surface area contributed by atoms with E-state index in [-0.39, 0.29) is 13.1 Å². The molecule has 25 heavy (non-hydrogen) atoms. The Balaban J connectivity index is 2.28. The van der Waals surface area contributed by atoms with Gasteiger partial charge in [-0.3, -0.25) is 4.79 Å². The van der Waals surface area contributed by atoms with Crippen LogP contribution in [0, 0.1) is 0 Å². The molecular weight excluding hydrogens is 335 g/mol. The van der Waals surface area contributed by atoms with Crippen LogP contribution < -0.4 is 0 Å². The summed E-state index contributed by atoms with van der Waals surface area (Å²) in [6, 6.07) is 0. The molecule has 2 rings (SSSR count). The predicted octanol–water partition coefficient (Wildman–Crippen LogP) is 2.68. The van der Waals surface area contributed by atoms with Crippen molar-refractivity contribution in [1.29, 1.82) is 0 Å². The Morgan fingerprint density at radius 3 is 2.68 bits per heavy atom. The van der Waals surface area contributed by atoms with Crippen LogP contribution in [0.2, 0.25) is 0 Å². The molecule has 1 aliphatic heterocycles.